The first-order chi connectivity index (χ1) is 17.1. The molecule has 4 rings (SSSR count). The Bertz CT molecular complexity index is 1330. The van der Waals surface area contributed by atoms with Crippen LogP contribution in [-0.2, 0) is 43.7 Å². The highest BCUT2D eigenvalue weighted by molar-refractivity contribution is 7.52. The molecule has 0 fully saturated rings. The first kappa shape index (κ1) is 25.6. The highest BCUT2D eigenvalue weighted by Gasteiger charge is 2.35. The van der Waals surface area contributed by atoms with E-state index in [1.165, 1.54) is 14.2 Å². The quantitative estimate of drug-likeness (QED) is 0.324. The lowest BCUT2D eigenvalue weighted by atomic mass is 10.1. The van der Waals surface area contributed by atoms with Crippen molar-refractivity contribution < 1.29 is 31.6 Å². The number of rotatable bonds is 9. The van der Waals surface area contributed by atoms with Crippen LogP contribution in [0.25, 0.3) is 0 Å². The topological polar surface area (TPSA) is 114 Å². The van der Waals surface area contributed by atoms with E-state index in [0.29, 0.717) is 28.7 Å². The van der Waals surface area contributed by atoms with E-state index in [1.807, 2.05) is 0 Å². The Balaban J connectivity index is 1.53. The van der Waals surface area contributed by atoms with Crippen molar-refractivity contribution in [3.05, 3.63) is 70.9 Å². The summed E-state index contributed by atoms with van der Waals surface area (Å²) < 4.78 is 63.1. The summed E-state index contributed by atoms with van der Waals surface area (Å²) >= 11 is 0. The Morgan fingerprint density at radius 2 is 1.86 bits per heavy atom. The number of aromatic nitrogens is 2. The van der Waals surface area contributed by atoms with Gasteiger partial charge in [-0.1, -0.05) is 24.3 Å². The molecule has 0 atom stereocenters. The number of carbonyl (C=O) groups is 1. The van der Waals surface area contributed by atoms with Crippen LogP contribution in [0.2, 0.25) is 0 Å². The molecule has 1 aliphatic rings. The van der Waals surface area contributed by atoms with Gasteiger partial charge in [0.05, 0.1) is 12.6 Å². The van der Waals surface area contributed by atoms with Crippen LogP contribution in [-0.4, -0.2) is 30.1 Å². The third-order valence-electron chi connectivity index (χ3n) is 5.46. The van der Waals surface area contributed by atoms with Crippen molar-refractivity contribution in [1.82, 2.24) is 9.97 Å². The van der Waals surface area contributed by atoms with E-state index in [-0.39, 0.29) is 31.0 Å². The number of alkyl halides is 3. The van der Waals surface area contributed by atoms with Crippen LogP contribution in [0, 0.1) is 0 Å². The largest absolute Gasteiger partial charge is 0.421 e. The number of nitrogens with one attached hydrogen (secondary N) is 3. The van der Waals surface area contributed by atoms with Gasteiger partial charge in [-0.25, -0.2) is 4.98 Å². The standard InChI is InChI=1S/C23H23F3N5O4P/c1-34-36(33,35-2)13-15-5-3-4-14(8-15)11-27-21-18(23(24,25)26)12-28-22(31-21)29-17-6-7-19-16(9-17)10-20(32)30-19/h3-9,12H,10-11,13H2,1-2H3,(H,30,32)(H2,27,28,29,31). The van der Waals surface area contributed by atoms with Gasteiger partial charge in [0.2, 0.25) is 11.9 Å². The zero-order chi connectivity index (χ0) is 25.9. The molecule has 3 N–H and O–H groups in total. The predicted octanol–water partition coefficient (Wildman–Crippen LogP) is 5.33. The van der Waals surface area contributed by atoms with Gasteiger partial charge in [0.25, 0.3) is 0 Å². The number of fused-ring (bicyclic) bond motifs is 1. The summed E-state index contributed by atoms with van der Waals surface area (Å²) in [7, 11) is -0.727. The summed E-state index contributed by atoms with van der Waals surface area (Å²) in [4.78, 5) is 19.4. The second-order valence-electron chi connectivity index (χ2n) is 7.98. The minimum atomic E-state index is -4.67. The maximum atomic E-state index is 13.6. The normalized spacial score (nSPS) is 13.3. The lowest BCUT2D eigenvalue weighted by Crippen LogP contribution is -2.14. The number of anilines is 4. The van der Waals surface area contributed by atoms with Crippen molar-refractivity contribution in [2.45, 2.75) is 25.3 Å². The molecule has 3 aromatic rings. The van der Waals surface area contributed by atoms with Crippen LogP contribution in [0.15, 0.2) is 48.7 Å². The summed E-state index contributed by atoms with van der Waals surface area (Å²) in [6, 6.07) is 11.9. The van der Waals surface area contributed by atoms with Crippen molar-refractivity contribution in [1.29, 1.82) is 0 Å². The van der Waals surface area contributed by atoms with E-state index < -0.39 is 25.2 Å². The molecular formula is C23H23F3N5O4P. The molecule has 1 amide bonds. The molecule has 1 aromatic heterocycles. The third kappa shape index (κ3) is 6.01. The first-order valence-electron chi connectivity index (χ1n) is 10.7. The minimum Gasteiger partial charge on any atom is -0.365 e. The zero-order valence-corrected chi connectivity index (χ0v) is 20.2. The average Bonchev–Trinajstić information content (AvgIpc) is 3.21. The predicted molar refractivity (Wildman–Crippen MR) is 128 cm³/mol. The van der Waals surface area contributed by atoms with E-state index in [0.717, 1.165) is 5.56 Å². The van der Waals surface area contributed by atoms with Gasteiger partial charge in [0.15, 0.2) is 0 Å². The number of amides is 1. The number of benzene rings is 2. The van der Waals surface area contributed by atoms with Crippen LogP contribution < -0.4 is 16.0 Å². The third-order valence-corrected chi connectivity index (χ3v) is 7.33. The Morgan fingerprint density at radius 3 is 2.58 bits per heavy atom. The van der Waals surface area contributed by atoms with Gasteiger partial charge in [-0.15, -0.1) is 0 Å². The van der Waals surface area contributed by atoms with E-state index in [4.69, 9.17) is 9.05 Å². The van der Waals surface area contributed by atoms with E-state index in [2.05, 4.69) is 25.9 Å². The van der Waals surface area contributed by atoms with Crippen molar-refractivity contribution in [2.24, 2.45) is 0 Å². The molecule has 0 bridgehead atoms. The molecule has 36 heavy (non-hydrogen) atoms. The molecular weight excluding hydrogens is 498 g/mol. The molecule has 190 valence electrons. The van der Waals surface area contributed by atoms with Crippen molar-refractivity contribution in [2.75, 3.05) is 30.2 Å². The van der Waals surface area contributed by atoms with Gasteiger partial charge < -0.3 is 25.0 Å². The Labute approximate surface area is 205 Å². The second kappa shape index (κ2) is 10.3. The highest BCUT2D eigenvalue weighted by atomic mass is 31.2. The summed E-state index contributed by atoms with van der Waals surface area (Å²) in [6.07, 6.45) is -3.73. The van der Waals surface area contributed by atoms with Gasteiger partial charge in [-0.05, 0) is 34.9 Å². The minimum absolute atomic E-state index is 0.0181. The maximum absolute atomic E-state index is 13.6. The molecule has 13 heteroatoms. The fraction of sp³-hybridized carbons (Fsp3) is 0.261. The second-order valence-corrected chi connectivity index (χ2v) is 10.3. The first-order valence-corrected chi connectivity index (χ1v) is 12.5. The fourth-order valence-electron chi connectivity index (χ4n) is 3.67. The summed E-state index contributed by atoms with van der Waals surface area (Å²) in [5.74, 6) is -0.573. The number of nitrogens with zero attached hydrogens (tertiary/aromatic N) is 2. The molecule has 2 heterocycles. The molecule has 9 nitrogen and oxygen atoms in total. The number of carbonyl (C=O) groups excluding carboxylic acids is 1. The lowest BCUT2D eigenvalue weighted by molar-refractivity contribution is -0.137. The monoisotopic (exact) mass is 521 g/mol. The fourth-order valence-corrected chi connectivity index (χ4v) is 4.72. The lowest BCUT2D eigenvalue weighted by Gasteiger charge is -2.16. The van der Waals surface area contributed by atoms with Crippen molar-refractivity contribution in [3.63, 3.8) is 0 Å². The number of hydrogen-bond acceptors (Lipinski definition) is 8. The SMILES string of the molecule is COP(=O)(Cc1cccc(CNc2nc(Nc3ccc4c(c3)CC(=O)N4)ncc2C(F)(F)F)c1)OC. The summed E-state index contributed by atoms with van der Waals surface area (Å²) in [5.41, 5.74) is 2.26. The zero-order valence-electron chi connectivity index (χ0n) is 19.3. The van der Waals surface area contributed by atoms with Crippen molar-refractivity contribution in [3.8, 4) is 0 Å². The van der Waals surface area contributed by atoms with Crippen LogP contribution >= 0.6 is 7.60 Å². The molecule has 0 spiro atoms. The summed E-state index contributed by atoms with van der Waals surface area (Å²) in [5, 5.41) is 8.33. The van der Waals surface area contributed by atoms with E-state index >= 15 is 0 Å². The Morgan fingerprint density at radius 1 is 1.11 bits per heavy atom. The summed E-state index contributed by atoms with van der Waals surface area (Å²) in [6.45, 7) is 0.0181. The molecule has 0 radical (unpaired) electrons. The molecule has 0 saturated heterocycles. The molecule has 2 aromatic carbocycles. The van der Waals surface area contributed by atoms with Crippen LogP contribution in [0.3, 0.4) is 0 Å². The number of hydrogen-bond donors (Lipinski definition) is 3. The van der Waals surface area contributed by atoms with Gasteiger partial charge in [-0.3, -0.25) is 9.36 Å². The highest BCUT2D eigenvalue weighted by Crippen LogP contribution is 2.49. The van der Waals surface area contributed by atoms with Crippen LogP contribution in [0.4, 0.5) is 36.3 Å². The van der Waals surface area contributed by atoms with Crippen LogP contribution in [0.5, 0.6) is 0 Å². The Hall–Kier alpha value is -3.47. The van der Waals surface area contributed by atoms with Gasteiger partial charge >= 0.3 is 13.8 Å². The van der Waals surface area contributed by atoms with E-state index in [1.54, 1.807) is 42.5 Å². The molecule has 0 aliphatic carbocycles. The smallest absolute Gasteiger partial charge is 0.365 e. The molecule has 0 saturated carbocycles. The molecule has 0 unspecified atom stereocenters. The molecule has 1 aliphatic heterocycles. The van der Waals surface area contributed by atoms with Gasteiger partial charge in [-0.2, -0.15) is 18.2 Å². The van der Waals surface area contributed by atoms with E-state index in [9.17, 15) is 22.5 Å². The van der Waals surface area contributed by atoms with Crippen LogP contribution in [0.1, 0.15) is 22.3 Å². The Kier molecular flexibility index (Phi) is 7.30. The van der Waals surface area contributed by atoms with Crippen molar-refractivity contribution >= 4 is 36.6 Å². The maximum Gasteiger partial charge on any atom is 0.421 e. The number of halogens is 3. The van der Waals surface area contributed by atoms with Gasteiger partial charge in [0.1, 0.15) is 11.4 Å². The average molecular weight is 521 g/mol. The van der Waals surface area contributed by atoms with Gasteiger partial charge in [0, 0.05) is 38.3 Å².